The highest BCUT2D eigenvalue weighted by Crippen LogP contribution is 2.12. The second kappa shape index (κ2) is 4.85. The lowest BCUT2D eigenvalue weighted by molar-refractivity contribution is 0.0644. The Hall–Kier alpha value is -1.40. The van der Waals surface area contributed by atoms with Crippen molar-refractivity contribution < 1.29 is 4.79 Å². The van der Waals surface area contributed by atoms with E-state index in [-0.39, 0.29) is 11.9 Å². The maximum absolute atomic E-state index is 12.4. The van der Waals surface area contributed by atoms with Gasteiger partial charge in [0, 0.05) is 39.4 Å². The van der Waals surface area contributed by atoms with E-state index in [1.807, 2.05) is 18.9 Å². The largest absolute Gasteiger partial charge is 0.332 e. The Kier molecular flexibility index (Phi) is 3.44. The van der Waals surface area contributed by atoms with Gasteiger partial charge in [-0.1, -0.05) is 0 Å². The molecule has 2 rings (SSSR count). The van der Waals surface area contributed by atoms with Gasteiger partial charge in [-0.25, -0.2) is 0 Å². The van der Waals surface area contributed by atoms with Crippen LogP contribution >= 0.6 is 0 Å². The van der Waals surface area contributed by atoms with E-state index in [0.717, 1.165) is 18.8 Å². The zero-order chi connectivity index (χ0) is 12.4. The number of nitrogens with two attached hydrogens (primary N) is 1. The molecule has 6 heteroatoms. The Balaban J connectivity index is 2.21. The fraction of sp³-hybridized carbons (Fsp3) is 0.636. The van der Waals surface area contributed by atoms with E-state index in [9.17, 15) is 4.79 Å². The molecule has 1 aromatic rings. The first-order valence-corrected chi connectivity index (χ1v) is 5.85. The molecule has 3 N–H and O–H groups in total. The van der Waals surface area contributed by atoms with Crippen molar-refractivity contribution >= 4 is 5.91 Å². The zero-order valence-corrected chi connectivity index (χ0v) is 10.3. The number of aryl methyl sites for hydroxylation is 2. The first-order valence-electron chi connectivity index (χ1n) is 5.85. The molecule has 1 aliphatic heterocycles. The number of rotatable bonds is 2. The highest BCUT2D eigenvalue weighted by atomic mass is 16.2. The van der Waals surface area contributed by atoms with Crippen molar-refractivity contribution in [2.24, 2.45) is 12.8 Å². The van der Waals surface area contributed by atoms with Gasteiger partial charge >= 0.3 is 0 Å². The number of carbonyl (C=O) groups is 1. The van der Waals surface area contributed by atoms with Gasteiger partial charge in [-0.05, 0) is 6.92 Å². The van der Waals surface area contributed by atoms with Crippen LogP contribution in [0.3, 0.4) is 0 Å². The van der Waals surface area contributed by atoms with E-state index in [1.165, 1.54) is 0 Å². The minimum absolute atomic E-state index is 0.0348. The quantitative estimate of drug-likeness (QED) is 0.699. The second-order valence-corrected chi connectivity index (χ2v) is 4.39. The van der Waals surface area contributed by atoms with Crippen molar-refractivity contribution in [3.05, 3.63) is 17.5 Å². The van der Waals surface area contributed by atoms with Crippen LogP contribution in [0.25, 0.3) is 0 Å². The number of hydrogen-bond acceptors (Lipinski definition) is 4. The van der Waals surface area contributed by atoms with Crippen molar-refractivity contribution in [1.82, 2.24) is 20.0 Å². The fourth-order valence-electron chi connectivity index (χ4n) is 2.20. The Morgan fingerprint density at radius 1 is 1.71 bits per heavy atom. The summed E-state index contributed by atoms with van der Waals surface area (Å²) in [6.45, 7) is 4.63. The lowest BCUT2D eigenvalue weighted by atomic mass is 10.1. The van der Waals surface area contributed by atoms with Crippen molar-refractivity contribution in [3.63, 3.8) is 0 Å². The van der Waals surface area contributed by atoms with Crippen LogP contribution in [-0.4, -0.2) is 52.8 Å². The average molecular weight is 237 g/mol. The predicted octanol–water partition coefficient (Wildman–Crippen LogP) is -0.899. The lowest BCUT2D eigenvalue weighted by Crippen LogP contribution is -2.56. The molecule has 0 saturated carbocycles. The van der Waals surface area contributed by atoms with Crippen LogP contribution in [0.5, 0.6) is 0 Å². The maximum Gasteiger partial charge on any atom is 0.257 e. The molecule has 0 aliphatic carbocycles. The van der Waals surface area contributed by atoms with Gasteiger partial charge in [0.15, 0.2) is 0 Å². The summed E-state index contributed by atoms with van der Waals surface area (Å²) in [6.07, 6.45) is 1.77. The van der Waals surface area contributed by atoms with Crippen molar-refractivity contribution in [3.8, 4) is 0 Å². The molecule has 1 aromatic heterocycles. The zero-order valence-electron chi connectivity index (χ0n) is 10.3. The molecule has 1 fully saturated rings. The normalized spacial score (nSPS) is 20.6. The monoisotopic (exact) mass is 237 g/mol. The summed E-state index contributed by atoms with van der Waals surface area (Å²) in [7, 11) is 1.82. The van der Waals surface area contributed by atoms with Gasteiger partial charge in [-0.15, -0.1) is 0 Å². The Morgan fingerprint density at radius 3 is 3.06 bits per heavy atom. The van der Waals surface area contributed by atoms with E-state index >= 15 is 0 Å². The summed E-state index contributed by atoms with van der Waals surface area (Å²) in [5.41, 5.74) is 7.14. The second-order valence-electron chi connectivity index (χ2n) is 4.39. The highest BCUT2D eigenvalue weighted by molar-refractivity contribution is 5.95. The summed E-state index contributed by atoms with van der Waals surface area (Å²) in [5, 5.41) is 7.45. The van der Waals surface area contributed by atoms with Gasteiger partial charge < -0.3 is 16.0 Å². The van der Waals surface area contributed by atoms with Crippen molar-refractivity contribution in [2.75, 3.05) is 26.2 Å². The number of amides is 1. The van der Waals surface area contributed by atoms with Crippen molar-refractivity contribution in [2.45, 2.75) is 13.0 Å². The minimum Gasteiger partial charge on any atom is -0.332 e. The van der Waals surface area contributed by atoms with Gasteiger partial charge in [-0.3, -0.25) is 9.48 Å². The van der Waals surface area contributed by atoms with Gasteiger partial charge in [-0.2, -0.15) is 5.10 Å². The molecule has 1 atom stereocenters. The van der Waals surface area contributed by atoms with Gasteiger partial charge in [0.25, 0.3) is 5.91 Å². The van der Waals surface area contributed by atoms with Gasteiger partial charge in [0.2, 0.25) is 0 Å². The van der Waals surface area contributed by atoms with Gasteiger partial charge in [0.1, 0.15) is 0 Å². The molecule has 94 valence electrons. The fourth-order valence-corrected chi connectivity index (χ4v) is 2.20. The molecular weight excluding hydrogens is 218 g/mol. The molecule has 1 amide bonds. The summed E-state index contributed by atoms with van der Waals surface area (Å²) in [6, 6.07) is 0.0795. The highest BCUT2D eigenvalue weighted by Gasteiger charge is 2.27. The topological polar surface area (TPSA) is 76.2 Å². The van der Waals surface area contributed by atoms with E-state index in [4.69, 9.17) is 5.73 Å². The number of piperazine rings is 1. The number of carbonyl (C=O) groups excluding carboxylic acids is 1. The molecule has 0 radical (unpaired) electrons. The van der Waals surface area contributed by atoms with Crippen molar-refractivity contribution in [1.29, 1.82) is 0 Å². The maximum atomic E-state index is 12.4. The molecule has 6 nitrogen and oxygen atoms in total. The van der Waals surface area contributed by atoms with Crippen LogP contribution in [0.4, 0.5) is 0 Å². The molecule has 1 aliphatic rings. The number of nitrogens with zero attached hydrogens (tertiary/aromatic N) is 3. The number of nitrogens with one attached hydrogen (secondary N) is 1. The van der Waals surface area contributed by atoms with E-state index in [2.05, 4.69) is 10.4 Å². The summed E-state index contributed by atoms with van der Waals surface area (Å²) < 4.78 is 1.67. The number of hydrogen-bond donors (Lipinski definition) is 2. The first-order chi connectivity index (χ1) is 8.13. The standard InChI is InChI=1S/C11H19N5O/c1-8-10(7-15(2)14-8)11(17)16-4-3-13-6-9(16)5-12/h7,9,13H,3-6,12H2,1-2H3. The average Bonchev–Trinajstić information content (AvgIpc) is 2.67. The Bertz CT molecular complexity index is 414. The Morgan fingerprint density at radius 2 is 2.47 bits per heavy atom. The summed E-state index contributed by atoms with van der Waals surface area (Å²) >= 11 is 0. The molecule has 2 heterocycles. The predicted molar refractivity (Wildman–Crippen MR) is 64.7 cm³/mol. The summed E-state index contributed by atoms with van der Waals surface area (Å²) in [5.74, 6) is 0.0348. The third kappa shape index (κ3) is 2.32. The lowest BCUT2D eigenvalue weighted by Gasteiger charge is -2.35. The molecule has 1 unspecified atom stereocenters. The molecule has 0 bridgehead atoms. The van der Waals surface area contributed by atoms with E-state index in [1.54, 1.807) is 10.9 Å². The third-order valence-electron chi connectivity index (χ3n) is 3.13. The van der Waals surface area contributed by atoms with Crippen LogP contribution in [-0.2, 0) is 7.05 Å². The van der Waals surface area contributed by atoms with Crippen LogP contribution in [0.15, 0.2) is 6.20 Å². The molecule has 1 saturated heterocycles. The van der Waals surface area contributed by atoms with Gasteiger partial charge in [0.05, 0.1) is 17.3 Å². The SMILES string of the molecule is Cc1nn(C)cc1C(=O)N1CCNCC1CN. The molecule has 17 heavy (non-hydrogen) atoms. The minimum atomic E-state index is 0.0348. The van der Waals surface area contributed by atoms with Crippen LogP contribution < -0.4 is 11.1 Å². The number of aromatic nitrogens is 2. The van der Waals surface area contributed by atoms with Crippen LogP contribution in [0.2, 0.25) is 0 Å². The third-order valence-corrected chi connectivity index (χ3v) is 3.13. The first kappa shape index (κ1) is 12.1. The molecule has 0 spiro atoms. The van der Waals surface area contributed by atoms with E-state index < -0.39 is 0 Å². The molecular formula is C11H19N5O. The van der Waals surface area contributed by atoms with Crippen LogP contribution in [0.1, 0.15) is 16.1 Å². The Labute approximate surface area is 101 Å². The van der Waals surface area contributed by atoms with E-state index in [0.29, 0.717) is 18.7 Å². The smallest absolute Gasteiger partial charge is 0.257 e. The van der Waals surface area contributed by atoms with Crippen LogP contribution in [0, 0.1) is 6.92 Å². The summed E-state index contributed by atoms with van der Waals surface area (Å²) in [4.78, 5) is 14.2. The molecule has 0 aromatic carbocycles.